The smallest absolute Gasteiger partial charge is 0.306 e. The van der Waals surface area contributed by atoms with Gasteiger partial charge >= 0.3 is 17.9 Å². The zero-order valence-electron chi connectivity index (χ0n) is 50.8. The summed E-state index contributed by atoms with van der Waals surface area (Å²) in [6, 6.07) is 0. The van der Waals surface area contributed by atoms with Gasteiger partial charge in [0.25, 0.3) is 0 Å². The number of allylic oxidation sites excluding steroid dienone is 4. The Morgan fingerprint density at radius 3 is 0.733 bits per heavy atom. The van der Waals surface area contributed by atoms with Gasteiger partial charge in [0, 0.05) is 19.3 Å². The van der Waals surface area contributed by atoms with E-state index < -0.39 is 6.10 Å². The van der Waals surface area contributed by atoms with E-state index in [1.54, 1.807) is 0 Å². The predicted molar refractivity (Wildman–Crippen MR) is 326 cm³/mol. The fourth-order valence-corrected chi connectivity index (χ4v) is 10.4. The van der Waals surface area contributed by atoms with Crippen LogP contribution in [0.5, 0.6) is 0 Å². The van der Waals surface area contributed by atoms with Crippen LogP contribution in [-0.4, -0.2) is 37.2 Å². The zero-order chi connectivity index (χ0) is 54.3. The lowest BCUT2D eigenvalue weighted by molar-refractivity contribution is -0.167. The molecule has 0 spiro atoms. The van der Waals surface area contributed by atoms with Crippen LogP contribution in [0.15, 0.2) is 24.3 Å². The molecule has 0 aromatic heterocycles. The van der Waals surface area contributed by atoms with E-state index >= 15 is 0 Å². The molecule has 0 amide bonds. The first-order valence-electron chi connectivity index (χ1n) is 33.8. The van der Waals surface area contributed by atoms with Crippen LogP contribution >= 0.6 is 0 Å². The maximum Gasteiger partial charge on any atom is 0.306 e. The molecule has 0 aromatic rings. The second kappa shape index (κ2) is 64.4. The van der Waals surface area contributed by atoms with Crippen molar-refractivity contribution in [2.24, 2.45) is 0 Å². The molecular weight excluding hydrogens is 925 g/mol. The molecular formula is C69H130O6. The molecule has 442 valence electrons. The largest absolute Gasteiger partial charge is 0.462 e. The van der Waals surface area contributed by atoms with Gasteiger partial charge in [-0.15, -0.1) is 0 Å². The van der Waals surface area contributed by atoms with Gasteiger partial charge in [0.05, 0.1) is 0 Å². The lowest BCUT2D eigenvalue weighted by Crippen LogP contribution is -2.30. The van der Waals surface area contributed by atoms with E-state index in [1.165, 1.54) is 276 Å². The molecule has 1 unspecified atom stereocenters. The number of carbonyl (C=O) groups is 3. The summed E-state index contributed by atoms with van der Waals surface area (Å²) in [7, 11) is 0. The SMILES string of the molecule is CCCCCCC/C=C\C/C=C\CCCCCCCCCCCCCCCCCCCC(=O)OCC(COC(=O)CCCCCCCCCCCCC)OC(=O)CCCCCCCCCCCCCCCCCCC. The lowest BCUT2D eigenvalue weighted by Gasteiger charge is -2.18. The van der Waals surface area contributed by atoms with E-state index in [1.807, 2.05) is 0 Å². The molecule has 0 aromatic carbocycles. The number of hydrogen-bond acceptors (Lipinski definition) is 6. The highest BCUT2D eigenvalue weighted by Gasteiger charge is 2.19. The molecule has 0 rings (SSSR count). The van der Waals surface area contributed by atoms with Crippen LogP contribution in [0.1, 0.15) is 380 Å². The minimum atomic E-state index is -0.765. The topological polar surface area (TPSA) is 78.9 Å². The molecule has 0 saturated carbocycles. The Morgan fingerprint density at radius 2 is 0.480 bits per heavy atom. The Labute approximate surface area is 468 Å². The molecule has 0 saturated heterocycles. The third-order valence-electron chi connectivity index (χ3n) is 15.5. The number of carbonyl (C=O) groups excluding carboxylic acids is 3. The summed E-state index contributed by atoms with van der Waals surface area (Å²) in [4.78, 5) is 38.3. The van der Waals surface area contributed by atoms with E-state index in [9.17, 15) is 14.4 Å². The Bertz CT molecular complexity index is 1210. The summed E-state index contributed by atoms with van der Waals surface area (Å²) in [5.41, 5.74) is 0. The number of esters is 3. The van der Waals surface area contributed by atoms with Gasteiger partial charge in [0.2, 0.25) is 0 Å². The van der Waals surface area contributed by atoms with Crippen molar-refractivity contribution in [3.05, 3.63) is 24.3 Å². The first-order chi connectivity index (χ1) is 37.0. The fourth-order valence-electron chi connectivity index (χ4n) is 10.4. The zero-order valence-corrected chi connectivity index (χ0v) is 50.8. The van der Waals surface area contributed by atoms with Crippen LogP contribution in [0.2, 0.25) is 0 Å². The molecule has 0 aliphatic carbocycles. The van der Waals surface area contributed by atoms with Crippen LogP contribution in [0, 0.1) is 0 Å². The molecule has 0 fully saturated rings. The van der Waals surface area contributed by atoms with E-state index in [4.69, 9.17) is 14.2 Å². The molecule has 0 N–H and O–H groups in total. The van der Waals surface area contributed by atoms with Crippen molar-refractivity contribution in [1.82, 2.24) is 0 Å². The second-order valence-corrected chi connectivity index (χ2v) is 23.1. The van der Waals surface area contributed by atoms with Crippen molar-refractivity contribution in [2.75, 3.05) is 13.2 Å². The lowest BCUT2D eigenvalue weighted by atomic mass is 10.0. The number of hydrogen-bond donors (Lipinski definition) is 0. The Balaban J connectivity index is 4.12. The monoisotopic (exact) mass is 1050 g/mol. The van der Waals surface area contributed by atoms with Gasteiger partial charge < -0.3 is 14.2 Å². The minimum Gasteiger partial charge on any atom is -0.462 e. The van der Waals surface area contributed by atoms with E-state index in [0.29, 0.717) is 19.3 Å². The van der Waals surface area contributed by atoms with Gasteiger partial charge in [-0.05, 0) is 51.4 Å². The maximum atomic E-state index is 12.9. The highest BCUT2D eigenvalue weighted by molar-refractivity contribution is 5.71. The van der Waals surface area contributed by atoms with Gasteiger partial charge in [-0.2, -0.15) is 0 Å². The summed E-state index contributed by atoms with van der Waals surface area (Å²) in [6.07, 6.45) is 77.8. The molecule has 75 heavy (non-hydrogen) atoms. The van der Waals surface area contributed by atoms with E-state index in [-0.39, 0.29) is 31.1 Å². The first kappa shape index (κ1) is 72.9. The normalized spacial score (nSPS) is 12.1. The third kappa shape index (κ3) is 62.6. The Kier molecular flexibility index (Phi) is 62.6. The van der Waals surface area contributed by atoms with Gasteiger partial charge in [-0.1, -0.05) is 334 Å². The van der Waals surface area contributed by atoms with Crippen LogP contribution in [-0.2, 0) is 28.6 Å². The molecule has 0 heterocycles. The summed E-state index contributed by atoms with van der Waals surface area (Å²) >= 11 is 0. The van der Waals surface area contributed by atoms with Crippen LogP contribution in [0.25, 0.3) is 0 Å². The molecule has 0 aliphatic heterocycles. The first-order valence-corrected chi connectivity index (χ1v) is 33.8. The average molecular weight is 1060 g/mol. The molecule has 0 aliphatic rings. The molecule has 6 nitrogen and oxygen atoms in total. The van der Waals surface area contributed by atoms with Crippen molar-refractivity contribution in [3.8, 4) is 0 Å². The van der Waals surface area contributed by atoms with E-state index in [2.05, 4.69) is 45.1 Å². The second-order valence-electron chi connectivity index (χ2n) is 23.1. The van der Waals surface area contributed by atoms with Crippen molar-refractivity contribution in [3.63, 3.8) is 0 Å². The van der Waals surface area contributed by atoms with Gasteiger partial charge in [0.1, 0.15) is 13.2 Å². The van der Waals surface area contributed by atoms with Crippen molar-refractivity contribution in [1.29, 1.82) is 0 Å². The van der Waals surface area contributed by atoms with Crippen LogP contribution in [0.4, 0.5) is 0 Å². The van der Waals surface area contributed by atoms with Gasteiger partial charge in [-0.25, -0.2) is 0 Å². The van der Waals surface area contributed by atoms with Crippen molar-refractivity contribution >= 4 is 17.9 Å². The third-order valence-corrected chi connectivity index (χ3v) is 15.5. The molecule has 6 heteroatoms. The fraction of sp³-hybridized carbons (Fsp3) is 0.899. The van der Waals surface area contributed by atoms with Crippen molar-refractivity contribution < 1.29 is 28.6 Å². The van der Waals surface area contributed by atoms with Gasteiger partial charge in [0.15, 0.2) is 6.10 Å². The molecule has 0 radical (unpaired) electrons. The molecule has 0 bridgehead atoms. The van der Waals surface area contributed by atoms with Gasteiger partial charge in [-0.3, -0.25) is 14.4 Å². The average Bonchev–Trinajstić information content (AvgIpc) is 3.41. The summed E-state index contributed by atoms with van der Waals surface area (Å²) in [5, 5.41) is 0. The Hall–Kier alpha value is -2.11. The summed E-state index contributed by atoms with van der Waals surface area (Å²) in [6.45, 7) is 6.69. The standard InChI is InChI=1S/C69H130O6/c1-4-7-10-13-16-19-22-24-26-28-29-30-31-32-33-34-35-36-37-38-39-41-42-44-47-50-53-56-59-62-68(71)74-65-66(64-73-67(70)61-58-55-52-49-46-21-18-15-12-9-6-3)75-69(72)63-60-57-54-51-48-45-43-40-27-25-23-20-17-14-11-8-5-2/h22,24,28-29,66H,4-21,23,25-27,30-65H2,1-3H3/b24-22-,29-28-. The minimum absolute atomic E-state index is 0.0637. The number of unbranched alkanes of at least 4 members (excludes halogenated alkanes) is 48. The maximum absolute atomic E-state index is 12.9. The van der Waals surface area contributed by atoms with E-state index in [0.717, 1.165) is 64.2 Å². The number of rotatable bonds is 63. The molecule has 1 atom stereocenters. The highest BCUT2D eigenvalue weighted by Crippen LogP contribution is 2.18. The van der Waals surface area contributed by atoms with Crippen LogP contribution in [0.3, 0.4) is 0 Å². The van der Waals surface area contributed by atoms with Crippen LogP contribution < -0.4 is 0 Å². The predicted octanol–water partition coefficient (Wildman–Crippen LogP) is 23.0. The van der Waals surface area contributed by atoms with Crippen molar-refractivity contribution in [2.45, 2.75) is 386 Å². The summed E-state index contributed by atoms with van der Waals surface area (Å²) < 4.78 is 16.9. The highest BCUT2D eigenvalue weighted by atomic mass is 16.6. The Morgan fingerprint density at radius 1 is 0.267 bits per heavy atom. The number of ether oxygens (including phenoxy) is 3. The summed E-state index contributed by atoms with van der Waals surface area (Å²) in [5.74, 6) is -0.834. The quantitative estimate of drug-likeness (QED) is 0.0261.